The molecule has 1 aliphatic carbocycles. The Morgan fingerprint density at radius 3 is 2.95 bits per heavy atom. The summed E-state index contributed by atoms with van der Waals surface area (Å²) in [4.78, 5) is 14.3. The van der Waals surface area contributed by atoms with Crippen LogP contribution in [0.3, 0.4) is 0 Å². The Morgan fingerprint density at radius 1 is 1.40 bits per heavy atom. The molecule has 0 radical (unpaired) electrons. The predicted octanol–water partition coefficient (Wildman–Crippen LogP) is 2.43. The highest BCUT2D eigenvalue weighted by molar-refractivity contribution is 5.90. The van der Waals surface area contributed by atoms with Crippen LogP contribution in [0.5, 0.6) is 0 Å². The second-order valence-corrected chi connectivity index (χ2v) is 6.21. The molecule has 0 unspecified atom stereocenters. The lowest BCUT2D eigenvalue weighted by Crippen LogP contribution is -2.44. The molecule has 1 aromatic rings. The zero-order valence-electron chi connectivity index (χ0n) is 12.1. The molecule has 1 saturated carbocycles. The number of carbonyl (C=O) groups excluding carboxylic acids is 1. The molecule has 0 aromatic carbocycles. The Hall–Kier alpha value is -1.36. The van der Waals surface area contributed by atoms with Crippen molar-refractivity contribution in [1.29, 1.82) is 0 Å². The quantitative estimate of drug-likeness (QED) is 0.922. The summed E-state index contributed by atoms with van der Waals surface area (Å²) in [6, 6.07) is 1.74. The van der Waals surface area contributed by atoms with E-state index in [1.807, 2.05) is 6.92 Å². The van der Waals surface area contributed by atoms with Gasteiger partial charge in [0.1, 0.15) is 0 Å². The van der Waals surface area contributed by atoms with Crippen LogP contribution in [0.4, 0.5) is 5.88 Å². The average molecular weight is 277 g/mol. The Balaban J connectivity index is 1.49. The van der Waals surface area contributed by atoms with Crippen molar-refractivity contribution in [2.24, 2.45) is 11.8 Å². The summed E-state index contributed by atoms with van der Waals surface area (Å²) >= 11 is 0. The van der Waals surface area contributed by atoms with Gasteiger partial charge >= 0.3 is 0 Å². The van der Waals surface area contributed by atoms with Crippen LogP contribution in [0.2, 0.25) is 0 Å². The van der Waals surface area contributed by atoms with Gasteiger partial charge in [-0.1, -0.05) is 24.4 Å². The summed E-state index contributed by atoms with van der Waals surface area (Å²) in [6.07, 6.45) is 6.73. The summed E-state index contributed by atoms with van der Waals surface area (Å²) in [6.45, 7) is 4.42. The van der Waals surface area contributed by atoms with Crippen LogP contribution in [-0.2, 0) is 4.79 Å². The van der Waals surface area contributed by atoms with Crippen LogP contribution in [0, 0.1) is 18.8 Å². The van der Waals surface area contributed by atoms with E-state index in [0.29, 0.717) is 12.4 Å². The molecule has 5 nitrogen and oxygen atoms in total. The average Bonchev–Trinajstić information content (AvgIpc) is 2.83. The maximum absolute atomic E-state index is 12.0. The van der Waals surface area contributed by atoms with Crippen molar-refractivity contribution in [3.63, 3.8) is 0 Å². The van der Waals surface area contributed by atoms with E-state index < -0.39 is 0 Å². The molecule has 1 amide bonds. The lowest BCUT2D eigenvalue weighted by atomic mass is 9.75. The molecule has 20 heavy (non-hydrogen) atoms. The molecule has 5 heteroatoms. The van der Waals surface area contributed by atoms with Crippen molar-refractivity contribution >= 4 is 11.8 Å². The van der Waals surface area contributed by atoms with Crippen molar-refractivity contribution in [3.8, 4) is 0 Å². The first-order valence-electron chi connectivity index (χ1n) is 7.66. The third-order valence-electron chi connectivity index (χ3n) is 4.63. The van der Waals surface area contributed by atoms with Gasteiger partial charge in [-0.25, -0.2) is 0 Å². The van der Waals surface area contributed by atoms with Crippen molar-refractivity contribution in [2.75, 3.05) is 25.0 Å². The largest absolute Gasteiger partial charge is 0.338 e. The first-order chi connectivity index (χ1) is 9.70. The van der Waals surface area contributed by atoms with Gasteiger partial charge in [-0.05, 0) is 38.1 Å². The summed E-state index contributed by atoms with van der Waals surface area (Å²) in [5.41, 5.74) is 0.781. The topological polar surface area (TPSA) is 58.4 Å². The smallest absolute Gasteiger partial charge is 0.240 e. The van der Waals surface area contributed by atoms with E-state index in [4.69, 9.17) is 4.52 Å². The van der Waals surface area contributed by atoms with E-state index in [2.05, 4.69) is 15.4 Å². The minimum absolute atomic E-state index is 0.00425. The highest BCUT2D eigenvalue weighted by Gasteiger charge is 2.31. The van der Waals surface area contributed by atoms with Crippen LogP contribution < -0.4 is 5.32 Å². The minimum atomic E-state index is -0.00425. The van der Waals surface area contributed by atoms with Crippen LogP contribution in [0.25, 0.3) is 0 Å². The number of aromatic nitrogens is 1. The fraction of sp³-hybridized carbons (Fsp3) is 0.733. The standard InChI is InChI=1S/C15H23N3O2/c1-11-8-15(20-17-11)16-14(19)10-18-7-6-12-4-2-3-5-13(12)9-18/h8,12-13H,2-7,9-10H2,1H3,(H,16,19)/t12-,13-/m0/s1. The monoisotopic (exact) mass is 277 g/mol. The number of hydrogen-bond donors (Lipinski definition) is 1. The van der Waals surface area contributed by atoms with Crippen LogP contribution in [0.1, 0.15) is 37.8 Å². The van der Waals surface area contributed by atoms with Crippen molar-refractivity contribution in [1.82, 2.24) is 10.1 Å². The zero-order chi connectivity index (χ0) is 13.9. The van der Waals surface area contributed by atoms with Gasteiger partial charge in [0, 0.05) is 12.6 Å². The molecule has 2 aliphatic rings. The number of anilines is 1. The summed E-state index contributed by atoms with van der Waals surface area (Å²) in [5.74, 6) is 2.15. The van der Waals surface area contributed by atoms with Crippen LogP contribution in [0.15, 0.2) is 10.6 Å². The molecule has 110 valence electrons. The molecule has 2 atom stereocenters. The van der Waals surface area contributed by atoms with Crippen molar-refractivity contribution < 1.29 is 9.32 Å². The molecule has 2 heterocycles. The highest BCUT2D eigenvalue weighted by atomic mass is 16.5. The number of likely N-dealkylation sites (tertiary alicyclic amines) is 1. The lowest BCUT2D eigenvalue weighted by Gasteiger charge is -2.40. The molecule has 3 rings (SSSR count). The highest BCUT2D eigenvalue weighted by Crippen LogP contribution is 2.35. The molecule has 0 spiro atoms. The lowest BCUT2D eigenvalue weighted by molar-refractivity contribution is -0.118. The molecule has 2 fully saturated rings. The van der Waals surface area contributed by atoms with Crippen LogP contribution in [-0.4, -0.2) is 35.6 Å². The predicted molar refractivity (Wildman–Crippen MR) is 76.4 cm³/mol. The van der Waals surface area contributed by atoms with Crippen molar-refractivity contribution in [3.05, 3.63) is 11.8 Å². The van der Waals surface area contributed by atoms with E-state index in [1.165, 1.54) is 32.1 Å². The molecule has 1 aromatic heterocycles. The van der Waals surface area contributed by atoms with Gasteiger partial charge in [-0.3, -0.25) is 15.0 Å². The maximum Gasteiger partial charge on any atom is 0.240 e. The van der Waals surface area contributed by atoms with Gasteiger partial charge in [0.15, 0.2) is 0 Å². The SMILES string of the molecule is Cc1cc(NC(=O)CN2CC[C@@H]3CCCC[C@H]3C2)on1. The van der Waals surface area contributed by atoms with Gasteiger partial charge in [0.2, 0.25) is 11.8 Å². The molecule has 1 saturated heterocycles. The Morgan fingerprint density at radius 2 is 2.20 bits per heavy atom. The number of rotatable bonds is 3. The number of hydrogen-bond acceptors (Lipinski definition) is 4. The van der Waals surface area contributed by atoms with E-state index in [0.717, 1.165) is 30.6 Å². The molecule has 0 bridgehead atoms. The Kier molecular flexibility index (Phi) is 4.05. The van der Waals surface area contributed by atoms with E-state index in [1.54, 1.807) is 6.07 Å². The van der Waals surface area contributed by atoms with Gasteiger partial charge in [-0.15, -0.1) is 0 Å². The first-order valence-corrected chi connectivity index (χ1v) is 7.66. The second-order valence-electron chi connectivity index (χ2n) is 6.21. The third kappa shape index (κ3) is 3.20. The number of nitrogens with one attached hydrogen (secondary N) is 1. The van der Waals surface area contributed by atoms with E-state index >= 15 is 0 Å². The third-order valence-corrected chi connectivity index (χ3v) is 4.63. The van der Waals surface area contributed by atoms with Gasteiger partial charge < -0.3 is 4.52 Å². The number of carbonyl (C=O) groups is 1. The number of fused-ring (bicyclic) bond motifs is 1. The van der Waals surface area contributed by atoms with Gasteiger partial charge in [0.25, 0.3) is 0 Å². The fourth-order valence-corrected chi connectivity index (χ4v) is 3.62. The Labute approximate surface area is 119 Å². The molecule has 1 aliphatic heterocycles. The van der Waals surface area contributed by atoms with Crippen molar-refractivity contribution in [2.45, 2.75) is 39.0 Å². The fourth-order valence-electron chi connectivity index (χ4n) is 3.62. The normalized spacial score (nSPS) is 27.1. The number of piperidine rings is 1. The van der Waals surface area contributed by atoms with Gasteiger partial charge in [0.05, 0.1) is 12.2 Å². The molecular weight excluding hydrogens is 254 g/mol. The number of aryl methyl sites for hydroxylation is 1. The summed E-state index contributed by atoms with van der Waals surface area (Å²) in [5, 5.41) is 6.54. The van der Waals surface area contributed by atoms with E-state index in [9.17, 15) is 4.79 Å². The molecule has 1 N–H and O–H groups in total. The number of nitrogens with zero attached hydrogens (tertiary/aromatic N) is 2. The molecular formula is C15H23N3O2. The van der Waals surface area contributed by atoms with Crippen LogP contribution >= 0.6 is 0 Å². The first kappa shape index (κ1) is 13.6. The second kappa shape index (κ2) is 5.95. The zero-order valence-corrected chi connectivity index (χ0v) is 12.1. The summed E-state index contributed by atoms with van der Waals surface area (Å²) in [7, 11) is 0. The summed E-state index contributed by atoms with van der Waals surface area (Å²) < 4.78 is 5.01. The Bertz CT molecular complexity index is 471. The maximum atomic E-state index is 12.0. The minimum Gasteiger partial charge on any atom is -0.338 e. The van der Waals surface area contributed by atoms with Gasteiger partial charge in [-0.2, -0.15) is 0 Å². The van der Waals surface area contributed by atoms with E-state index in [-0.39, 0.29) is 5.91 Å². The number of amides is 1.